The summed E-state index contributed by atoms with van der Waals surface area (Å²) >= 11 is 0. The lowest BCUT2D eigenvalue weighted by atomic mass is 10.2. The van der Waals surface area contributed by atoms with Gasteiger partial charge in [0.25, 0.3) is 0 Å². The molecule has 3 nitrogen and oxygen atoms in total. The second kappa shape index (κ2) is 6.46. The Hall–Kier alpha value is -0.120. The van der Waals surface area contributed by atoms with Crippen LogP contribution in [0.15, 0.2) is 0 Å². The lowest BCUT2D eigenvalue weighted by Gasteiger charge is -2.27. The lowest BCUT2D eigenvalue weighted by molar-refractivity contribution is 0.148. The van der Waals surface area contributed by atoms with E-state index in [0.717, 1.165) is 25.6 Å². The molecule has 1 N–H and O–H groups in total. The average Bonchev–Trinajstić information content (AvgIpc) is 2.62. The molecule has 0 amide bonds. The van der Waals surface area contributed by atoms with Gasteiger partial charge in [-0.05, 0) is 46.3 Å². The van der Waals surface area contributed by atoms with Crippen LogP contribution in [-0.4, -0.2) is 60.3 Å². The van der Waals surface area contributed by atoms with Crippen LogP contribution in [-0.2, 0) is 0 Å². The molecule has 1 fully saturated rings. The van der Waals surface area contributed by atoms with E-state index in [1.807, 2.05) is 6.92 Å². The Labute approximate surface area is 94.1 Å². The van der Waals surface area contributed by atoms with Gasteiger partial charge in [-0.1, -0.05) is 6.92 Å². The van der Waals surface area contributed by atoms with Crippen molar-refractivity contribution in [2.75, 3.05) is 33.2 Å². The minimum Gasteiger partial charge on any atom is -0.393 e. The maximum Gasteiger partial charge on any atom is 0.0524 e. The molecule has 0 aliphatic carbocycles. The summed E-state index contributed by atoms with van der Waals surface area (Å²) in [6.45, 7) is 8.71. The fourth-order valence-electron chi connectivity index (χ4n) is 2.38. The molecule has 1 saturated heterocycles. The first-order valence-corrected chi connectivity index (χ1v) is 6.24. The van der Waals surface area contributed by atoms with E-state index in [9.17, 15) is 5.11 Å². The van der Waals surface area contributed by atoms with Crippen molar-refractivity contribution in [2.45, 2.75) is 45.3 Å². The molecule has 2 atom stereocenters. The average molecular weight is 214 g/mol. The van der Waals surface area contributed by atoms with Gasteiger partial charge in [0.2, 0.25) is 0 Å². The van der Waals surface area contributed by atoms with Crippen LogP contribution in [0.4, 0.5) is 0 Å². The van der Waals surface area contributed by atoms with Crippen molar-refractivity contribution in [2.24, 2.45) is 0 Å². The Morgan fingerprint density at radius 3 is 2.87 bits per heavy atom. The zero-order valence-electron chi connectivity index (χ0n) is 10.4. The molecule has 90 valence electrons. The fraction of sp³-hybridized carbons (Fsp3) is 1.00. The highest BCUT2D eigenvalue weighted by Gasteiger charge is 2.23. The Bertz CT molecular complexity index is 173. The van der Waals surface area contributed by atoms with E-state index in [1.165, 1.54) is 25.9 Å². The van der Waals surface area contributed by atoms with Crippen molar-refractivity contribution in [3.8, 4) is 0 Å². The zero-order valence-corrected chi connectivity index (χ0v) is 10.4. The van der Waals surface area contributed by atoms with Crippen LogP contribution < -0.4 is 0 Å². The van der Waals surface area contributed by atoms with Gasteiger partial charge in [-0.15, -0.1) is 0 Å². The van der Waals surface area contributed by atoms with E-state index < -0.39 is 0 Å². The van der Waals surface area contributed by atoms with Crippen molar-refractivity contribution in [1.82, 2.24) is 9.80 Å². The maximum absolute atomic E-state index is 9.22. The van der Waals surface area contributed by atoms with Crippen LogP contribution in [0.5, 0.6) is 0 Å². The third kappa shape index (κ3) is 4.49. The SMILES string of the molecule is CCN1CCCC1CN(C)CCC(C)O. The zero-order chi connectivity index (χ0) is 11.3. The van der Waals surface area contributed by atoms with Gasteiger partial charge in [-0.25, -0.2) is 0 Å². The Balaban J connectivity index is 2.21. The number of rotatable bonds is 6. The van der Waals surface area contributed by atoms with Crippen molar-refractivity contribution in [3.63, 3.8) is 0 Å². The summed E-state index contributed by atoms with van der Waals surface area (Å²) in [5, 5.41) is 9.22. The van der Waals surface area contributed by atoms with Crippen LogP contribution in [0.1, 0.15) is 33.1 Å². The van der Waals surface area contributed by atoms with Crippen molar-refractivity contribution in [1.29, 1.82) is 0 Å². The van der Waals surface area contributed by atoms with Crippen molar-refractivity contribution < 1.29 is 5.11 Å². The molecule has 0 bridgehead atoms. The summed E-state index contributed by atoms with van der Waals surface area (Å²) in [4.78, 5) is 4.92. The maximum atomic E-state index is 9.22. The second-order valence-corrected chi connectivity index (χ2v) is 4.82. The molecule has 1 aliphatic rings. The van der Waals surface area contributed by atoms with Gasteiger partial charge in [0.05, 0.1) is 6.10 Å². The largest absolute Gasteiger partial charge is 0.393 e. The molecular formula is C12H26N2O. The quantitative estimate of drug-likeness (QED) is 0.719. The summed E-state index contributed by atoms with van der Waals surface area (Å²) in [7, 11) is 2.16. The van der Waals surface area contributed by atoms with Crippen LogP contribution in [0, 0.1) is 0 Å². The first-order valence-electron chi connectivity index (χ1n) is 6.24. The number of hydrogen-bond acceptors (Lipinski definition) is 3. The fourth-order valence-corrected chi connectivity index (χ4v) is 2.38. The summed E-state index contributed by atoms with van der Waals surface area (Å²) in [5.41, 5.74) is 0. The van der Waals surface area contributed by atoms with E-state index >= 15 is 0 Å². The van der Waals surface area contributed by atoms with Gasteiger partial charge in [0.1, 0.15) is 0 Å². The van der Waals surface area contributed by atoms with Crippen LogP contribution in [0.25, 0.3) is 0 Å². The van der Waals surface area contributed by atoms with Gasteiger partial charge in [-0.2, -0.15) is 0 Å². The van der Waals surface area contributed by atoms with E-state index in [-0.39, 0.29) is 6.10 Å². The minimum atomic E-state index is -0.168. The molecular weight excluding hydrogens is 188 g/mol. The van der Waals surface area contributed by atoms with Gasteiger partial charge >= 0.3 is 0 Å². The van der Waals surface area contributed by atoms with E-state index in [0.29, 0.717) is 0 Å². The van der Waals surface area contributed by atoms with Gasteiger partial charge in [-0.3, -0.25) is 4.90 Å². The standard InChI is InChI=1S/C12H26N2O/c1-4-14-8-5-6-12(14)10-13(3)9-7-11(2)15/h11-12,15H,4-10H2,1-3H3. The third-order valence-electron chi connectivity index (χ3n) is 3.36. The topological polar surface area (TPSA) is 26.7 Å². The molecule has 1 heterocycles. The molecule has 15 heavy (non-hydrogen) atoms. The molecule has 2 unspecified atom stereocenters. The molecule has 1 rings (SSSR count). The number of nitrogens with zero attached hydrogens (tertiary/aromatic N) is 2. The molecule has 1 aliphatic heterocycles. The first-order chi connectivity index (χ1) is 7.13. The number of hydrogen-bond donors (Lipinski definition) is 1. The summed E-state index contributed by atoms with van der Waals surface area (Å²) in [6, 6.07) is 0.744. The highest BCUT2D eigenvalue weighted by Crippen LogP contribution is 2.17. The van der Waals surface area contributed by atoms with E-state index in [1.54, 1.807) is 0 Å². The molecule has 0 aromatic heterocycles. The smallest absolute Gasteiger partial charge is 0.0524 e. The lowest BCUT2D eigenvalue weighted by Crippen LogP contribution is -2.39. The number of aliphatic hydroxyl groups excluding tert-OH is 1. The Morgan fingerprint density at radius 1 is 1.53 bits per heavy atom. The van der Waals surface area contributed by atoms with E-state index in [4.69, 9.17) is 0 Å². The monoisotopic (exact) mass is 214 g/mol. The highest BCUT2D eigenvalue weighted by molar-refractivity contribution is 4.80. The van der Waals surface area contributed by atoms with Gasteiger partial charge in [0.15, 0.2) is 0 Å². The predicted octanol–water partition coefficient (Wildman–Crippen LogP) is 1.17. The summed E-state index contributed by atoms with van der Waals surface area (Å²) < 4.78 is 0. The van der Waals surface area contributed by atoms with Gasteiger partial charge < -0.3 is 10.0 Å². The molecule has 0 aromatic carbocycles. The Morgan fingerprint density at radius 2 is 2.27 bits per heavy atom. The first kappa shape index (κ1) is 12.9. The number of likely N-dealkylation sites (tertiary alicyclic amines) is 1. The Kier molecular flexibility index (Phi) is 5.58. The molecule has 0 aromatic rings. The number of aliphatic hydroxyl groups is 1. The molecule has 3 heteroatoms. The molecule has 0 saturated carbocycles. The third-order valence-corrected chi connectivity index (χ3v) is 3.36. The number of likely N-dealkylation sites (N-methyl/N-ethyl adjacent to an activating group) is 2. The normalized spacial score (nSPS) is 25.0. The van der Waals surface area contributed by atoms with Crippen LogP contribution in [0.3, 0.4) is 0 Å². The van der Waals surface area contributed by atoms with Crippen LogP contribution in [0.2, 0.25) is 0 Å². The molecule has 0 radical (unpaired) electrons. The molecule has 0 spiro atoms. The summed E-state index contributed by atoms with van der Waals surface area (Å²) in [6.07, 6.45) is 3.41. The van der Waals surface area contributed by atoms with Crippen LogP contribution >= 0.6 is 0 Å². The predicted molar refractivity (Wildman–Crippen MR) is 64.1 cm³/mol. The van der Waals surface area contributed by atoms with Crippen molar-refractivity contribution >= 4 is 0 Å². The van der Waals surface area contributed by atoms with E-state index in [2.05, 4.69) is 23.8 Å². The second-order valence-electron chi connectivity index (χ2n) is 4.82. The van der Waals surface area contributed by atoms with Gasteiger partial charge in [0, 0.05) is 19.1 Å². The minimum absolute atomic E-state index is 0.168. The summed E-state index contributed by atoms with van der Waals surface area (Å²) in [5.74, 6) is 0. The van der Waals surface area contributed by atoms with Crippen molar-refractivity contribution in [3.05, 3.63) is 0 Å². The highest BCUT2D eigenvalue weighted by atomic mass is 16.3.